The number of nitrogens with two attached hydrogens (primary N) is 1. The SMILES string of the molecule is COCCOc1cc(Nc2nc(N[C@H](C(C)C)[C@H](C)NC(=O)O)c(F)cc2C(N)=O)ccn1. The maximum absolute atomic E-state index is 14.8. The molecule has 0 aliphatic carbocycles. The highest BCUT2D eigenvalue weighted by molar-refractivity contribution is 5.98. The zero-order valence-corrected chi connectivity index (χ0v) is 18.9. The fraction of sp³-hybridized carbons (Fsp3) is 0.429. The van der Waals surface area contributed by atoms with Crippen LogP contribution in [0.2, 0.25) is 0 Å². The maximum atomic E-state index is 14.8. The van der Waals surface area contributed by atoms with E-state index in [4.69, 9.17) is 20.3 Å². The molecular formula is C21H29FN6O5. The molecule has 2 aromatic rings. The minimum absolute atomic E-state index is 0.0156. The molecule has 0 aromatic carbocycles. The third kappa shape index (κ3) is 7.45. The summed E-state index contributed by atoms with van der Waals surface area (Å²) in [5.41, 5.74) is 5.74. The molecule has 11 nitrogen and oxygen atoms in total. The van der Waals surface area contributed by atoms with Crippen LogP contribution < -0.4 is 26.4 Å². The lowest BCUT2D eigenvalue weighted by Gasteiger charge is -2.29. The van der Waals surface area contributed by atoms with Crippen LogP contribution in [0.1, 0.15) is 31.1 Å². The molecule has 2 heterocycles. The van der Waals surface area contributed by atoms with Crippen LogP contribution in [-0.2, 0) is 4.74 Å². The number of nitrogens with one attached hydrogen (secondary N) is 3. The Morgan fingerprint density at radius 3 is 2.55 bits per heavy atom. The van der Waals surface area contributed by atoms with E-state index in [1.807, 2.05) is 13.8 Å². The predicted molar refractivity (Wildman–Crippen MR) is 120 cm³/mol. The average Bonchev–Trinajstić information content (AvgIpc) is 2.73. The van der Waals surface area contributed by atoms with Crippen LogP contribution in [0.25, 0.3) is 0 Å². The zero-order valence-electron chi connectivity index (χ0n) is 18.9. The standard InChI is InChI=1S/C21H29FN6O5/c1-11(2)17(12(3)25-21(30)31)27-20-15(22)10-14(18(23)29)19(28-20)26-13-5-6-24-16(9-13)33-8-7-32-4/h5-6,9-12,17,25H,7-8H2,1-4H3,(H2,23,29)(H,30,31)(H2,24,26,27,28)/t12-,17+/m0/s1. The summed E-state index contributed by atoms with van der Waals surface area (Å²) >= 11 is 0. The first-order valence-corrected chi connectivity index (χ1v) is 10.2. The summed E-state index contributed by atoms with van der Waals surface area (Å²) < 4.78 is 25.2. The van der Waals surface area contributed by atoms with Gasteiger partial charge in [0.05, 0.1) is 12.2 Å². The van der Waals surface area contributed by atoms with E-state index >= 15 is 0 Å². The molecule has 33 heavy (non-hydrogen) atoms. The highest BCUT2D eigenvalue weighted by Gasteiger charge is 2.25. The topological polar surface area (TPSA) is 161 Å². The van der Waals surface area contributed by atoms with Crippen molar-refractivity contribution in [3.63, 3.8) is 0 Å². The van der Waals surface area contributed by atoms with Gasteiger partial charge in [0, 0.05) is 37.1 Å². The summed E-state index contributed by atoms with van der Waals surface area (Å²) in [4.78, 5) is 31.2. The van der Waals surface area contributed by atoms with Gasteiger partial charge in [0.25, 0.3) is 5.91 Å². The highest BCUT2D eigenvalue weighted by Crippen LogP contribution is 2.26. The molecule has 0 spiro atoms. The van der Waals surface area contributed by atoms with Crippen molar-refractivity contribution in [3.8, 4) is 5.88 Å². The molecule has 0 radical (unpaired) electrons. The van der Waals surface area contributed by atoms with Crippen molar-refractivity contribution < 1.29 is 28.6 Å². The Hall–Kier alpha value is -3.67. The average molecular weight is 464 g/mol. The van der Waals surface area contributed by atoms with Crippen molar-refractivity contribution in [2.24, 2.45) is 11.7 Å². The number of halogens is 1. The number of carbonyl (C=O) groups excluding carboxylic acids is 1. The summed E-state index contributed by atoms with van der Waals surface area (Å²) in [6.07, 6.45) is 0.293. The molecule has 0 saturated carbocycles. The van der Waals surface area contributed by atoms with Gasteiger partial charge < -0.3 is 36.3 Å². The number of pyridine rings is 2. The zero-order chi connectivity index (χ0) is 24.5. The van der Waals surface area contributed by atoms with Gasteiger partial charge >= 0.3 is 6.09 Å². The number of aromatic nitrogens is 2. The van der Waals surface area contributed by atoms with Gasteiger partial charge in [0.15, 0.2) is 11.6 Å². The number of carboxylic acid groups (broad SMARTS) is 1. The van der Waals surface area contributed by atoms with Crippen LogP contribution in [0.3, 0.4) is 0 Å². The van der Waals surface area contributed by atoms with E-state index in [1.165, 1.54) is 6.20 Å². The molecule has 0 bridgehead atoms. The monoisotopic (exact) mass is 464 g/mol. The first-order valence-electron chi connectivity index (χ1n) is 10.2. The van der Waals surface area contributed by atoms with Crippen LogP contribution in [0.4, 0.5) is 26.5 Å². The van der Waals surface area contributed by atoms with Gasteiger partial charge in [-0.05, 0) is 25.0 Å². The number of nitrogens with zero attached hydrogens (tertiary/aromatic N) is 2. The van der Waals surface area contributed by atoms with Crippen LogP contribution in [0.15, 0.2) is 24.4 Å². The van der Waals surface area contributed by atoms with Crippen molar-refractivity contribution in [1.82, 2.24) is 15.3 Å². The van der Waals surface area contributed by atoms with Gasteiger partial charge in [-0.3, -0.25) is 4.79 Å². The van der Waals surface area contributed by atoms with Gasteiger partial charge in [0.1, 0.15) is 12.4 Å². The largest absolute Gasteiger partial charge is 0.475 e. The minimum atomic E-state index is -1.20. The van der Waals surface area contributed by atoms with E-state index in [-0.39, 0.29) is 23.1 Å². The fourth-order valence-corrected chi connectivity index (χ4v) is 3.12. The van der Waals surface area contributed by atoms with Gasteiger partial charge in [0.2, 0.25) is 5.88 Å². The number of primary amides is 1. The minimum Gasteiger partial charge on any atom is -0.475 e. The van der Waals surface area contributed by atoms with E-state index in [2.05, 4.69) is 25.9 Å². The first-order chi connectivity index (χ1) is 15.6. The molecular weight excluding hydrogens is 435 g/mol. The van der Waals surface area contributed by atoms with Crippen LogP contribution in [0.5, 0.6) is 5.88 Å². The summed E-state index contributed by atoms with van der Waals surface area (Å²) in [5, 5.41) is 17.3. The summed E-state index contributed by atoms with van der Waals surface area (Å²) in [7, 11) is 1.55. The number of hydrogen-bond donors (Lipinski definition) is 5. The third-order valence-corrected chi connectivity index (χ3v) is 4.69. The fourth-order valence-electron chi connectivity index (χ4n) is 3.12. The second-order valence-electron chi connectivity index (χ2n) is 7.58. The molecule has 6 N–H and O–H groups in total. The Bertz CT molecular complexity index is 974. The van der Waals surface area contributed by atoms with Crippen molar-refractivity contribution in [2.75, 3.05) is 31.0 Å². The molecule has 0 aliphatic heterocycles. The van der Waals surface area contributed by atoms with E-state index < -0.39 is 29.9 Å². The number of hydrogen-bond acceptors (Lipinski definition) is 8. The van der Waals surface area contributed by atoms with E-state index in [9.17, 15) is 14.0 Å². The number of ether oxygens (including phenoxy) is 2. The molecule has 0 fully saturated rings. The summed E-state index contributed by atoms with van der Waals surface area (Å²) in [6.45, 7) is 6.04. The van der Waals surface area contributed by atoms with E-state index in [1.54, 1.807) is 26.2 Å². The van der Waals surface area contributed by atoms with Crippen LogP contribution in [0, 0.1) is 11.7 Å². The first kappa shape index (κ1) is 25.6. The number of methoxy groups -OCH3 is 1. The van der Waals surface area contributed by atoms with Gasteiger partial charge in [-0.2, -0.15) is 0 Å². The number of amides is 2. The lowest BCUT2D eigenvalue weighted by atomic mass is 9.97. The Labute approximate surface area is 190 Å². The summed E-state index contributed by atoms with van der Waals surface area (Å²) in [5.74, 6) is -1.59. The Kier molecular flexibility index (Phi) is 9.16. The Morgan fingerprint density at radius 1 is 1.21 bits per heavy atom. The lowest BCUT2D eigenvalue weighted by molar-refractivity contribution is 0.1000. The van der Waals surface area contributed by atoms with E-state index in [0.717, 1.165) is 6.07 Å². The number of anilines is 3. The predicted octanol–water partition coefficient (Wildman–Crippen LogP) is 2.58. The Balaban J connectivity index is 2.35. The molecule has 180 valence electrons. The number of rotatable bonds is 12. The molecule has 0 unspecified atom stereocenters. The van der Waals surface area contributed by atoms with Gasteiger partial charge in [-0.25, -0.2) is 19.2 Å². The second kappa shape index (κ2) is 11.8. The third-order valence-electron chi connectivity index (χ3n) is 4.69. The summed E-state index contributed by atoms with van der Waals surface area (Å²) in [6, 6.07) is 3.13. The van der Waals surface area contributed by atoms with Crippen molar-refractivity contribution in [1.29, 1.82) is 0 Å². The number of carbonyl (C=O) groups is 2. The van der Waals surface area contributed by atoms with Gasteiger partial charge in [-0.15, -0.1) is 0 Å². The van der Waals surface area contributed by atoms with Crippen LogP contribution in [-0.4, -0.2) is 59.5 Å². The molecule has 2 amide bonds. The maximum Gasteiger partial charge on any atom is 0.404 e. The van der Waals surface area contributed by atoms with Crippen molar-refractivity contribution in [2.45, 2.75) is 32.9 Å². The molecule has 2 rings (SSSR count). The molecule has 0 aliphatic rings. The van der Waals surface area contributed by atoms with Crippen molar-refractivity contribution >= 4 is 29.3 Å². The lowest BCUT2D eigenvalue weighted by Crippen LogP contribution is -2.47. The van der Waals surface area contributed by atoms with Crippen molar-refractivity contribution in [3.05, 3.63) is 35.8 Å². The smallest absolute Gasteiger partial charge is 0.404 e. The second-order valence-corrected chi connectivity index (χ2v) is 7.58. The van der Waals surface area contributed by atoms with E-state index in [0.29, 0.717) is 24.8 Å². The van der Waals surface area contributed by atoms with Gasteiger partial charge in [-0.1, -0.05) is 13.8 Å². The quantitative estimate of drug-likeness (QED) is 0.297. The molecule has 2 aromatic heterocycles. The molecule has 12 heteroatoms. The highest BCUT2D eigenvalue weighted by atomic mass is 19.1. The van der Waals surface area contributed by atoms with Crippen LogP contribution >= 0.6 is 0 Å². The molecule has 2 atom stereocenters. The molecule has 0 saturated heterocycles. The normalized spacial score (nSPS) is 12.7. The Morgan fingerprint density at radius 2 is 1.94 bits per heavy atom.